The Morgan fingerprint density at radius 2 is 1.82 bits per heavy atom. The molecule has 0 saturated carbocycles. The predicted molar refractivity (Wildman–Crippen MR) is 90.7 cm³/mol. The van der Waals surface area contributed by atoms with E-state index >= 15 is 0 Å². The van der Waals surface area contributed by atoms with Gasteiger partial charge in [0.25, 0.3) is 0 Å². The molecular weight excluding hydrogens is 276 g/mol. The van der Waals surface area contributed by atoms with Crippen molar-refractivity contribution >= 4 is 5.91 Å². The van der Waals surface area contributed by atoms with E-state index in [0.717, 1.165) is 6.42 Å². The minimum absolute atomic E-state index is 0.0944. The minimum atomic E-state index is -0.582. The Kier molecular flexibility index (Phi) is 7.56. The van der Waals surface area contributed by atoms with Gasteiger partial charge in [0, 0.05) is 6.54 Å². The lowest BCUT2D eigenvalue weighted by atomic mass is 10.0. The molecule has 0 aliphatic rings. The summed E-state index contributed by atoms with van der Waals surface area (Å²) in [7, 11) is 4.01. The quantitative estimate of drug-likeness (QED) is 0.775. The van der Waals surface area contributed by atoms with Crippen molar-refractivity contribution in [3.63, 3.8) is 0 Å². The fourth-order valence-corrected chi connectivity index (χ4v) is 2.28. The van der Waals surface area contributed by atoms with E-state index in [2.05, 4.69) is 41.4 Å². The van der Waals surface area contributed by atoms with Crippen molar-refractivity contribution in [1.29, 1.82) is 0 Å². The molecule has 0 bridgehead atoms. The molecule has 1 aromatic carbocycles. The Bertz CT molecular complexity index is 455. The van der Waals surface area contributed by atoms with E-state index in [4.69, 9.17) is 0 Å². The minimum Gasteiger partial charge on any atom is -0.392 e. The zero-order chi connectivity index (χ0) is 16.7. The molecule has 0 saturated heterocycles. The van der Waals surface area contributed by atoms with Gasteiger partial charge in [-0.25, -0.2) is 0 Å². The van der Waals surface area contributed by atoms with Gasteiger partial charge >= 0.3 is 0 Å². The molecule has 4 heteroatoms. The zero-order valence-corrected chi connectivity index (χ0v) is 14.5. The van der Waals surface area contributed by atoms with Gasteiger partial charge in [0.05, 0.1) is 18.6 Å². The SMILES string of the molecule is CCc1ccc(C(CNC(=O)CC(O)C(C)C)N(C)C)cc1. The van der Waals surface area contributed by atoms with Crippen LogP contribution in [0.2, 0.25) is 0 Å². The summed E-state index contributed by atoms with van der Waals surface area (Å²) in [6.45, 7) is 6.51. The van der Waals surface area contributed by atoms with Crippen LogP contribution in [0.3, 0.4) is 0 Å². The van der Waals surface area contributed by atoms with E-state index in [9.17, 15) is 9.90 Å². The zero-order valence-electron chi connectivity index (χ0n) is 14.5. The van der Waals surface area contributed by atoms with Crippen LogP contribution in [-0.2, 0) is 11.2 Å². The fourth-order valence-electron chi connectivity index (χ4n) is 2.28. The van der Waals surface area contributed by atoms with Gasteiger partial charge in [-0.05, 0) is 37.6 Å². The van der Waals surface area contributed by atoms with E-state index in [0.29, 0.717) is 6.54 Å². The highest BCUT2D eigenvalue weighted by atomic mass is 16.3. The van der Waals surface area contributed by atoms with Crippen LogP contribution in [0.5, 0.6) is 0 Å². The monoisotopic (exact) mass is 306 g/mol. The predicted octanol–water partition coefficient (Wildman–Crippen LogP) is 2.37. The summed E-state index contributed by atoms with van der Waals surface area (Å²) in [5, 5.41) is 12.7. The number of likely N-dealkylation sites (N-methyl/N-ethyl adjacent to an activating group) is 1. The molecule has 0 aromatic heterocycles. The first kappa shape index (κ1) is 18.7. The lowest BCUT2D eigenvalue weighted by Gasteiger charge is -2.25. The van der Waals surface area contributed by atoms with E-state index in [1.165, 1.54) is 11.1 Å². The molecule has 0 aliphatic carbocycles. The van der Waals surface area contributed by atoms with Crippen molar-refractivity contribution < 1.29 is 9.90 Å². The molecule has 0 radical (unpaired) electrons. The van der Waals surface area contributed by atoms with Crippen molar-refractivity contribution in [3.8, 4) is 0 Å². The molecule has 2 unspecified atom stereocenters. The van der Waals surface area contributed by atoms with Crippen LogP contribution in [0, 0.1) is 5.92 Å². The molecule has 22 heavy (non-hydrogen) atoms. The summed E-state index contributed by atoms with van der Waals surface area (Å²) in [6, 6.07) is 8.65. The summed E-state index contributed by atoms with van der Waals surface area (Å²) < 4.78 is 0. The number of carbonyl (C=O) groups excluding carboxylic acids is 1. The van der Waals surface area contributed by atoms with Crippen molar-refractivity contribution in [2.45, 2.75) is 45.8 Å². The van der Waals surface area contributed by atoms with Crippen LogP contribution in [0.25, 0.3) is 0 Å². The average molecular weight is 306 g/mol. The molecule has 1 amide bonds. The van der Waals surface area contributed by atoms with Gasteiger partial charge in [-0.2, -0.15) is 0 Å². The third-order valence-electron chi connectivity index (χ3n) is 4.05. The first-order valence-corrected chi connectivity index (χ1v) is 8.05. The first-order chi connectivity index (χ1) is 10.3. The number of aliphatic hydroxyl groups excluding tert-OH is 1. The smallest absolute Gasteiger partial charge is 0.222 e. The number of rotatable bonds is 8. The largest absolute Gasteiger partial charge is 0.392 e. The number of hydrogen-bond acceptors (Lipinski definition) is 3. The van der Waals surface area contributed by atoms with Gasteiger partial charge in [0.15, 0.2) is 0 Å². The number of aryl methyl sites for hydroxylation is 1. The standard InChI is InChI=1S/C18H30N2O2/c1-6-14-7-9-15(10-8-14)16(20(4)5)12-19-18(22)11-17(21)13(2)3/h7-10,13,16-17,21H,6,11-12H2,1-5H3,(H,19,22). The van der Waals surface area contributed by atoms with Crippen LogP contribution in [0.4, 0.5) is 0 Å². The van der Waals surface area contributed by atoms with Gasteiger partial charge in [0.1, 0.15) is 0 Å². The topological polar surface area (TPSA) is 52.6 Å². The number of aliphatic hydroxyl groups is 1. The summed E-state index contributed by atoms with van der Waals surface area (Å²) in [6.07, 6.45) is 0.602. The van der Waals surface area contributed by atoms with Crippen LogP contribution < -0.4 is 5.32 Å². The Morgan fingerprint density at radius 1 is 1.23 bits per heavy atom. The number of hydrogen-bond donors (Lipinski definition) is 2. The second-order valence-corrected chi connectivity index (χ2v) is 6.39. The summed E-state index contributed by atoms with van der Waals surface area (Å²) in [5.41, 5.74) is 2.50. The Hall–Kier alpha value is -1.39. The molecule has 2 atom stereocenters. The molecule has 2 N–H and O–H groups in total. The Morgan fingerprint density at radius 3 is 2.27 bits per heavy atom. The molecule has 0 spiro atoms. The maximum atomic E-state index is 11.9. The van der Waals surface area contributed by atoms with Crippen LogP contribution in [0.1, 0.15) is 44.4 Å². The van der Waals surface area contributed by atoms with Crippen LogP contribution in [-0.4, -0.2) is 42.7 Å². The highest BCUT2D eigenvalue weighted by molar-refractivity contribution is 5.76. The Labute approximate surface area is 134 Å². The summed E-state index contributed by atoms with van der Waals surface area (Å²) >= 11 is 0. The normalized spacial score (nSPS) is 14.2. The summed E-state index contributed by atoms with van der Waals surface area (Å²) in [4.78, 5) is 14.0. The van der Waals surface area contributed by atoms with Crippen molar-refractivity contribution in [3.05, 3.63) is 35.4 Å². The van der Waals surface area contributed by atoms with E-state index < -0.39 is 6.10 Å². The maximum Gasteiger partial charge on any atom is 0.222 e. The number of benzene rings is 1. The van der Waals surface area contributed by atoms with Gasteiger partial charge in [-0.15, -0.1) is 0 Å². The molecule has 0 heterocycles. The maximum absolute atomic E-state index is 11.9. The highest BCUT2D eigenvalue weighted by Gasteiger charge is 2.18. The molecule has 124 valence electrons. The molecule has 1 rings (SSSR count). The van der Waals surface area contributed by atoms with E-state index in [1.807, 2.05) is 27.9 Å². The van der Waals surface area contributed by atoms with Crippen molar-refractivity contribution in [2.75, 3.05) is 20.6 Å². The molecule has 4 nitrogen and oxygen atoms in total. The molecular formula is C18H30N2O2. The fraction of sp³-hybridized carbons (Fsp3) is 0.611. The second kappa shape index (κ2) is 8.91. The van der Waals surface area contributed by atoms with Crippen molar-refractivity contribution in [2.24, 2.45) is 5.92 Å². The van der Waals surface area contributed by atoms with Gasteiger partial charge in [0.2, 0.25) is 5.91 Å². The third kappa shape index (κ3) is 5.78. The number of nitrogens with zero attached hydrogens (tertiary/aromatic N) is 1. The van der Waals surface area contributed by atoms with E-state index in [-0.39, 0.29) is 24.3 Å². The lowest BCUT2D eigenvalue weighted by Crippen LogP contribution is -2.36. The number of nitrogens with one attached hydrogen (secondary N) is 1. The van der Waals surface area contributed by atoms with Gasteiger partial charge in [-0.1, -0.05) is 45.0 Å². The van der Waals surface area contributed by atoms with Crippen LogP contribution in [0.15, 0.2) is 24.3 Å². The number of amides is 1. The Balaban J connectivity index is 2.62. The first-order valence-electron chi connectivity index (χ1n) is 8.05. The molecule has 0 aliphatic heterocycles. The van der Waals surface area contributed by atoms with Gasteiger partial charge < -0.3 is 15.3 Å². The van der Waals surface area contributed by atoms with E-state index in [1.54, 1.807) is 0 Å². The average Bonchev–Trinajstić information content (AvgIpc) is 2.47. The summed E-state index contributed by atoms with van der Waals surface area (Å²) in [5.74, 6) is -0.00443. The lowest BCUT2D eigenvalue weighted by molar-refractivity contribution is -0.123. The third-order valence-corrected chi connectivity index (χ3v) is 4.05. The number of carbonyl (C=O) groups is 1. The second-order valence-electron chi connectivity index (χ2n) is 6.39. The van der Waals surface area contributed by atoms with Crippen molar-refractivity contribution in [1.82, 2.24) is 10.2 Å². The van der Waals surface area contributed by atoms with Gasteiger partial charge in [-0.3, -0.25) is 4.79 Å². The highest BCUT2D eigenvalue weighted by Crippen LogP contribution is 2.18. The van der Waals surface area contributed by atoms with Crippen LogP contribution >= 0.6 is 0 Å². The molecule has 0 fully saturated rings. The molecule has 1 aromatic rings.